The Hall–Kier alpha value is -2.63. The first kappa shape index (κ1) is 12.4. The van der Waals surface area contributed by atoms with Gasteiger partial charge in [0.25, 0.3) is 0 Å². The number of pyridine rings is 1. The largest absolute Gasteiger partial charge is 0.461 e. The number of hydrogen-bond donors (Lipinski definition) is 1. The van der Waals surface area contributed by atoms with E-state index in [0.29, 0.717) is 17.8 Å². The minimum Gasteiger partial charge on any atom is -0.461 e. The van der Waals surface area contributed by atoms with Gasteiger partial charge in [-0.2, -0.15) is 0 Å². The third kappa shape index (κ3) is 1.85. The van der Waals surface area contributed by atoms with Crippen LogP contribution in [0.1, 0.15) is 17.4 Å². The van der Waals surface area contributed by atoms with Crippen molar-refractivity contribution in [3.63, 3.8) is 0 Å². The van der Waals surface area contributed by atoms with Gasteiger partial charge in [-0.1, -0.05) is 0 Å². The van der Waals surface area contributed by atoms with Crippen LogP contribution in [0.15, 0.2) is 24.5 Å². The van der Waals surface area contributed by atoms with E-state index in [-0.39, 0.29) is 5.69 Å². The minimum atomic E-state index is -0.503. The highest BCUT2D eigenvalue weighted by atomic mass is 16.5. The van der Waals surface area contributed by atoms with Crippen molar-refractivity contribution in [2.75, 3.05) is 12.3 Å². The summed E-state index contributed by atoms with van der Waals surface area (Å²) in [6, 6.07) is 5.52. The zero-order chi connectivity index (χ0) is 14.3. The Morgan fingerprint density at radius 2 is 2.15 bits per heavy atom. The minimum absolute atomic E-state index is 0.154. The summed E-state index contributed by atoms with van der Waals surface area (Å²) in [6.07, 6.45) is 1.74. The van der Waals surface area contributed by atoms with E-state index in [4.69, 9.17) is 10.5 Å². The number of nitrogen functional groups attached to an aromatic ring is 1. The first-order chi connectivity index (χ1) is 9.60. The van der Waals surface area contributed by atoms with Gasteiger partial charge < -0.3 is 15.0 Å². The molecule has 2 aromatic heterocycles. The average Bonchev–Trinajstić information content (AvgIpc) is 2.77. The molecule has 3 rings (SSSR count). The molecule has 0 aliphatic heterocycles. The zero-order valence-corrected chi connectivity index (χ0v) is 11.3. The maximum absolute atomic E-state index is 11.8. The third-order valence-corrected chi connectivity index (χ3v) is 3.16. The molecular weight excluding hydrogens is 256 g/mol. The van der Waals surface area contributed by atoms with Gasteiger partial charge in [-0.25, -0.2) is 14.8 Å². The van der Waals surface area contributed by atoms with Gasteiger partial charge >= 0.3 is 5.97 Å². The van der Waals surface area contributed by atoms with Crippen LogP contribution in [-0.4, -0.2) is 27.1 Å². The van der Waals surface area contributed by atoms with Crippen molar-refractivity contribution in [3.8, 4) is 0 Å². The van der Waals surface area contributed by atoms with Crippen LogP contribution in [0, 0.1) is 0 Å². The maximum Gasteiger partial charge on any atom is 0.359 e. The van der Waals surface area contributed by atoms with Gasteiger partial charge in [0.1, 0.15) is 0 Å². The van der Waals surface area contributed by atoms with E-state index in [1.807, 2.05) is 23.7 Å². The summed E-state index contributed by atoms with van der Waals surface area (Å²) in [5, 5.41) is 0.849. The zero-order valence-electron chi connectivity index (χ0n) is 11.3. The van der Waals surface area contributed by atoms with Gasteiger partial charge in [0.15, 0.2) is 5.69 Å². The molecule has 0 aliphatic carbocycles. The molecule has 2 N–H and O–H groups in total. The van der Waals surface area contributed by atoms with Crippen molar-refractivity contribution in [2.24, 2.45) is 7.05 Å². The molecule has 0 aliphatic rings. The molecule has 6 heteroatoms. The van der Waals surface area contributed by atoms with Gasteiger partial charge in [-0.3, -0.25) is 0 Å². The molecule has 0 radical (unpaired) electrons. The van der Waals surface area contributed by atoms with Crippen molar-refractivity contribution >= 4 is 33.6 Å². The predicted molar refractivity (Wildman–Crippen MR) is 76.4 cm³/mol. The molecule has 0 saturated carbocycles. The Labute approximate surface area is 115 Å². The van der Waals surface area contributed by atoms with Crippen molar-refractivity contribution in [3.05, 3.63) is 30.2 Å². The fraction of sp³-hybridized carbons (Fsp3) is 0.214. The van der Waals surface area contributed by atoms with Crippen LogP contribution in [0.5, 0.6) is 0 Å². The van der Waals surface area contributed by atoms with Crippen molar-refractivity contribution < 1.29 is 9.53 Å². The molecule has 0 fully saturated rings. The summed E-state index contributed by atoms with van der Waals surface area (Å²) in [5.41, 5.74) is 8.85. The van der Waals surface area contributed by atoms with E-state index >= 15 is 0 Å². The van der Waals surface area contributed by atoms with Crippen molar-refractivity contribution in [2.45, 2.75) is 6.92 Å². The summed E-state index contributed by atoms with van der Waals surface area (Å²) in [6.45, 7) is 2.03. The monoisotopic (exact) mass is 270 g/mol. The van der Waals surface area contributed by atoms with Crippen molar-refractivity contribution in [1.29, 1.82) is 0 Å². The topological polar surface area (TPSA) is 83.0 Å². The Balaban J connectivity index is 2.24. The van der Waals surface area contributed by atoms with Crippen LogP contribution in [0.4, 0.5) is 5.69 Å². The number of anilines is 1. The number of rotatable bonds is 2. The first-order valence-corrected chi connectivity index (χ1v) is 6.28. The van der Waals surface area contributed by atoms with Gasteiger partial charge in [0, 0.05) is 12.4 Å². The molecule has 3 aromatic rings. The second kappa shape index (κ2) is 4.48. The number of carbonyl (C=O) groups is 1. The van der Waals surface area contributed by atoms with E-state index in [2.05, 4.69) is 9.97 Å². The number of carbonyl (C=O) groups excluding carboxylic acids is 1. The fourth-order valence-corrected chi connectivity index (χ4v) is 2.18. The van der Waals surface area contributed by atoms with E-state index in [0.717, 1.165) is 16.4 Å². The number of imidazole rings is 1. The Morgan fingerprint density at radius 1 is 1.35 bits per heavy atom. The van der Waals surface area contributed by atoms with Gasteiger partial charge in [0.05, 0.1) is 35.2 Å². The average molecular weight is 270 g/mol. The number of nitrogens with two attached hydrogens (primary N) is 1. The highest BCUT2D eigenvalue weighted by Gasteiger charge is 2.15. The maximum atomic E-state index is 11.8. The summed E-state index contributed by atoms with van der Waals surface area (Å²) < 4.78 is 6.85. The lowest BCUT2D eigenvalue weighted by Crippen LogP contribution is -2.10. The summed E-state index contributed by atoms with van der Waals surface area (Å²) in [4.78, 5) is 20.4. The van der Waals surface area contributed by atoms with Crippen LogP contribution in [0.25, 0.3) is 21.9 Å². The predicted octanol–water partition coefficient (Wildman–Crippen LogP) is 1.88. The van der Waals surface area contributed by atoms with E-state index in [1.165, 1.54) is 0 Å². The number of fused-ring (bicyclic) bond motifs is 2. The highest BCUT2D eigenvalue weighted by molar-refractivity contribution is 6.00. The standard InChI is InChI=1S/C14H14N4O2/c1-3-20-14(19)13-9(15)4-8-5-11-12(6-10(8)17-13)18(2)7-16-11/h4-7H,3,15H2,1-2H3. The molecule has 102 valence electrons. The van der Waals surface area contributed by atoms with Crippen LogP contribution in [0.3, 0.4) is 0 Å². The fourth-order valence-electron chi connectivity index (χ4n) is 2.18. The smallest absolute Gasteiger partial charge is 0.359 e. The quantitative estimate of drug-likeness (QED) is 0.719. The molecule has 0 bridgehead atoms. The Bertz CT molecular complexity index is 823. The normalized spacial score (nSPS) is 11.1. The van der Waals surface area contributed by atoms with Crippen LogP contribution >= 0.6 is 0 Å². The molecule has 0 atom stereocenters. The number of aromatic nitrogens is 3. The van der Waals surface area contributed by atoms with Crippen LogP contribution < -0.4 is 5.73 Å². The SMILES string of the molecule is CCOC(=O)c1nc2cc3c(cc2cc1N)ncn3C. The van der Waals surface area contributed by atoms with Gasteiger partial charge in [-0.05, 0) is 25.1 Å². The number of ether oxygens (including phenoxy) is 1. The Kier molecular flexibility index (Phi) is 2.78. The van der Waals surface area contributed by atoms with E-state index in [1.54, 1.807) is 19.3 Å². The molecule has 1 aromatic carbocycles. The number of esters is 1. The molecule has 20 heavy (non-hydrogen) atoms. The molecule has 0 saturated heterocycles. The summed E-state index contributed by atoms with van der Waals surface area (Å²) in [5.74, 6) is -0.503. The van der Waals surface area contributed by atoms with Crippen LogP contribution in [0.2, 0.25) is 0 Å². The second-order valence-electron chi connectivity index (χ2n) is 4.54. The number of aryl methyl sites for hydroxylation is 1. The molecule has 2 heterocycles. The van der Waals surface area contributed by atoms with Crippen LogP contribution in [-0.2, 0) is 11.8 Å². The molecular formula is C14H14N4O2. The van der Waals surface area contributed by atoms with Crippen molar-refractivity contribution in [1.82, 2.24) is 14.5 Å². The second-order valence-corrected chi connectivity index (χ2v) is 4.54. The third-order valence-electron chi connectivity index (χ3n) is 3.16. The Morgan fingerprint density at radius 3 is 2.90 bits per heavy atom. The number of nitrogens with zero attached hydrogens (tertiary/aromatic N) is 3. The number of hydrogen-bond acceptors (Lipinski definition) is 5. The summed E-state index contributed by atoms with van der Waals surface area (Å²) >= 11 is 0. The lowest BCUT2D eigenvalue weighted by molar-refractivity contribution is 0.0521. The highest BCUT2D eigenvalue weighted by Crippen LogP contribution is 2.24. The lowest BCUT2D eigenvalue weighted by Gasteiger charge is -2.07. The first-order valence-electron chi connectivity index (χ1n) is 6.28. The van der Waals surface area contributed by atoms with E-state index < -0.39 is 5.97 Å². The number of benzene rings is 1. The van der Waals surface area contributed by atoms with Gasteiger partial charge in [-0.15, -0.1) is 0 Å². The lowest BCUT2D eigenvalue weighted by atomic mass is 10.1. The van der Waals surface area contributed by atoms with Gasteiger partial charge in [0.2, 0.25) is 0 Å². The van der Waals surface area contributed by atoms with E-state index in [9.17, 15) is 4.79 Å². The molecule has 0 unspecified atom stereocenters. The summed E-state index contributed by atoms with van der Waals surface area (Å²) in [7, 11) is 1.91. The molecule has 6 nitrogen and oxygen atoms in total. The molecule has 0 amide bonds. The molecule has 0 spiro atoms.